The van der Waals surface area contributed by atoms with Gasteiger partial charge in [-0.3, -0.25) is 0 Å². The first-order chi connectivity index (χ1) is 8.09. The molecule has 0 fully saturated rings. The minimum atomic E-state index is -3.00. The minimum Gasteiger partial charge on any atom is -0.494 e. The molecule has 0 radical (unpaired) electrons. The van der Waals surface area contributed by atoms with E-state index in [4.69, 9.17) is 4.74 Å². The molecule has 0 bridgehead atoms. The summed E-state index contributed by atoms with van der Waals surface area (Å²) >= 11 is 0. The van der Waals surface area contributed by atoms with E-state index in [9.17, 15) is 8.42 Å². The van der Waals surface area contributed by atoms with Crippen LogP contribution in [0.1, 0.15) is 6.92 Å². The van der Waals surface area contributed by atoms with Gasteiger partial charge in [0, 0.05) is 11.1 Å². The number of hydrogen-bond donors (Lipinski definition) is 1. The molecule has 1 aromatic carbocycles. The van der Waals surface area contributed by atoms with Crippen LogP contribution in [0.4, 0.5) is 5.69 Å². The number of sulfone groups is 1. The average Bonchev–Trinajstić information content (AvgIpc) is 2.61. The Hall–Kier alpha value is -1.49. The molecule has 1 atom stereocenters. The van der Waals surface area contributed by atoms with Crippen LogP contribution in [0.3, 0.4) is 0 Å². The van der Waals surface area contributed by atoms with E-state index in [1.165, 1.54) is 5.41 Å². The first-order valence-corrected chi connectivity index (χ1v) is 7.21. The van der Waals surface area contributed by atoms with Crippen molar-refractivity contribution in [1.82, 2.24) is 0 Å². The number of benzene rings is 1. The van der Waals surface area contributed by atoms with Crippen LogP contribution in [-0.2, 0) is 9.84 Å². The van der Waals surface area contributed by atoms with Crippen molar-refractivity contribution in [2.24, 2.45) is 0 Å². The molecule has 0 unspecified atom stereocenters. The monoisotopic (exact) mass is 253 g/mol. The highest BCUT2D eigenvalue weighted by Gasteiger charge is 2.21. The Morgan fingerprint density at radius 3 is 2.59 bits per heavy atom. The van der Waals surface area contributed by atoms with Crippen LogP contribution in [0.5, 0.6) is 5.75 Å². The molecular formula is C12H15NO3S. The third-order valence-corrected chi connectivity index (χ3v) is 3.84. The lowest BCUT2D eigenvalue weighted by Crippen LogP contribution is -2.20. The van der Waals surface area contributed by atoms with Gasteiger partial charge in [0.1, 0.15) is 5.75 Å². The van der Waals surface area contributed by atoms with E-state index >= 15 is 0 Å². The van der Waals surface area contributed by atoms with Gasteiger partial charge in [0.15, 0.2) is 9.84 Å². The van der Waals surface area contributed by atoms with Gasteiger partial charge < -0.3 is 10.1 Å². The van der Waals surface area contributed by atoms with Crippen LogP contribution in [0.25, 0.3) is 0 Å². The van der Waals surface area contributed by atoms with Gasteiger partial charge in [0.25, 0.3) is 0 Å². The fourth-order valence-electron chi connectivity index (χ4n) is 1.69. The molecule has 0 spiro atoms. The first-order valence-electron chi connectivity index (χ1n) is 5.49. The lowest BCUT2D eigenvalue weighted by Gasteiger charge is -2.12. The summed E-state index contributed by atoms with van der Waals surface area (Å²) in [5, 5.41) is 4.41. The zero-order valence-corrected chi connectivity index (χ0v) is 10.4. The number of nitrogens with one attached hydrogen (secondary N) is 1. The van der Waals surface area contributed by atoms with Crippen LogP contribution in [0.15, 0.2) is 35.7 Å². The highest BCUT2D eigenvalue weighted by Crippen LogP contribution is 2.18. The molecule has 0 saturated heterocycles. The van der Waals surface area contributed by atoms with Crippen molar-refractivity contribution in [2.45, 2.75) is 13.0 Å². The summed E-state index contributed by atoms with van der Waals surface area (Å²) in [5.74, 6) is 0.938. The highest BCUT2D eigenvalue weighted by molar-refractivity contribution is 7.94. The van der Waals surface area contributed by atoms with Crippen molar-refractivity contribution in [3.05, 3.63) is 35.7 Å². The molecule has 4 nitrogen and oxygen atoms in total. The summed E-state index contributed by atoms with van der Waals surface area (Å²) in [4.78, 5) is 0. The lowest BCUT2D eigenvalue weighted by atomic mass is 10.2. The molecule has 2 rings (SSSR count). The molecule has 1 aliphatic heterocycles. The van der Waals surface area contributed by atoms with Gasteiger partial charge in [-0.05, 0) is 31.2 Å². The summed E-state index contributed by atoms with van der Waals surface area (Å²) in [6.07, 6.45) is 1.67. The van der Waals surface area contributed by atoms with E-state index in [1.54, 1.807) is 6.08 Å². The second-order valence-electron chi connectivity index (χ2n) is 3.87. The minimum absolute atomic E-state index is 0.125. The molecule has 0 amide bonds. The average molecular weight is 253 g/mol. The maximum absolute atomic E-state index is 11.2. The summed E-state index contributed by atoms with van der Waals surface area (Å²) < 4.78 is 27.8. The van der Waals surface area contributed by atoms with Crippen molar-refractivity contribution in [3.8, 4) is 5.75 Å². The van der Waals surface area contributed by atoms with Gasteiger partial charge in [-0.2, -0.15) is 0 Å². The summed E-state index contributed by atoms with van der Waals surface area (Å²) in [6, 6.07) is 7.34. The van der Waals surface area contributed by atoms with Gasteiger partial charge in [-0.25, -0.2) is 8.42 Å². The quantitative estimate of drug-likeness (QED) is 0.889. The van der Waals surface area contributed by atoms with E-state index in [0.29, 0.717) is 6.61 Å². The van der Waals surface area contributed by atoms with Crippen LogP contribution in [0, 0.1) is 0 Å². The molecule has 5 heteroatoms. The molecule has 92 valence electrons. The number of hydrogen-bond acceptors (Lipinski definition) is 4. The van der Waals surface area contributed by atoms with Crippen LogP contribution in [-0.4, -0.2) is 26.8 Å². The molecule has 0 aliphatic carbocycles. The summed E-state index contributed by atoms with van der Waals surface area (Å²) in [5.41, 5.74) is 0.889. The summed E-state index contributed by atoms with van der Waals surface area (Å²) in [7, 11) is -3.00. The van der Waals surface area contributed by atoms with Crippen molar-refractivity contribution in [2.75, 3.05) is 17.7 Å². The summed E-state index contributed by atoms with van der Waals surface area (Å²) in [6.45, 7) is 2.57. The zero-order valence-electron chi connectivity index (χ0n) is 9.59. The second kappa shape index (κ2) is 4.79. The number of rotatable bonds is 4. The SMILES string of the molecule is CCOc1ccc(N[C@@H]2C=CS(=O)(=O)C2)cc1. The van der Waals surface area contributed by atoms with Crippen molar-refractivity contribution in [1.29, 1.82) is 0 Å². The Bertz CT molecular complexity index is 505. The fourth-order valence-corrected chi connectivity index (χ4v) is 2.93. The number of anilines is 1. The molecular weight excluding hydrogens is 238 g/mol. The topological polar surface area (TPSA) is 55.4 Å². The van der Waals surface area contributed by atoms with Crippen LogP contribution in [0.2, 0.25) is 0 Å². The number of ether oxygens (including phenoxy) is 1. The zero-order chi connectivity index (χ0) is 12.3. The molecule has 0 aromatic heterocycles. The largest absolute Gasteiger partial charge is 0.494 e. The maximum atomic E-state index is 11.2. The van der Waals surface area contributed by atoms with Crippen molar-refractivity contribution < 1.29 is 13.2 Å². The smallest absolute Gasteiger partial charge is 0.173 e. The fraction of sp³-hybridized carbons (Fsp3) is 0.333. The predicted octanol–water partition coefficient (Wildman–Crippen LogP) is 1.81. The molecule has 1 heterocycles. The van der Waals surface area contributed by atoms with Crippen LogP contribution < -0.4 is 10.1 Å². The van der Waals surface area contributed by atoms with Gasteiger partial charge in [-0.15, -0.1) is 0 Å². The third-order valence-electron chi connectivity index (χ3n) is 2.45. The Labute approximate surface area is 101 Å². The van der Waals surface area contributed by atoms with E-state index in [-0.39, 0.29) is 11.8 Å². The third kappa shape index (κ3) is 3.23. The molecule has 1 aromatic rings. The van der Waals surface area contributed by atoms with Gasteiger partial charge in [0.2, 0.25) is 0 Å². The van der Waals surface area contributed by atoms with E-state index < -0.39 is 9.84 Å². The van der Waals surface area contributed by atoms with E-state index in [0.717, 1.165) is 11.4 Å². The van der Waals surface area contributed by atoms with E-state index in [1.807, 2.05) is 31.2 Å². The second-order valence-corrected chi connectivity index (χ2v) is 5.80. The molecule has 1 aliphatic rings. The Balaban J connectivity index is 1.98. The van der Waals surface area contributed by atoms with Gasteiger partial charge in [-0.1, -0.05) is 6.08 Å². The predicted molar refractivity (Wildman–Crippen MR) is 67.9 cm³/mol. The Morgan fingerprint density at radius 2 is 2.06 bits per heavy atom. The van der Waals surface area contributed by atoms with Crippen LogP contribution >= 0.6 is 0 Å². The normalized spacial score (nSPS) is 21.4. The van der Waals surface area contributed by atoms with Gasteiger partial charge in [0.05, 0.1) is 18.4 Å². The van der Waals surface area contributed by atoms with Crippen molar-refractivity contribution in [3.63, 3.8) is 0 Å². The Kier molecular flexibility index (Phi) is 3.38. The van der Waals surface area contributed by atoms with Gasteiger partial charge >= 0.3 is 0 Å². The molecule has 1 N–H and O–H groups in total. The van der Waals surface area contributed by atoms with E-state index in [2.05, 4.69) is 5.32 Å². The van der Waals surface area contributed by atoms with Crippen molar-refractivity contribution >= 4 is 15.5 Å². The Morgan fingerprint density at radius 1 is 1.35 bits per heavy atom. The standard InChI is InChI=1S/C12H15NO3S/c1-2-16-12-5-3-10(4-6-12)13-11-7-8-17(14,15)9-11/h3-8,11,13H,2,9H2,1H3/t11-/m1/s1. The molecule has 17 heavy (non-hydrogen) atoms. The first kappa shape index (κ1) is 12.0. The maximum Gasteiger partial charge on any atom is 0.173 e. The molecule has 0 saturated carbocycles. The highest BCUT2D eigenvalue weighted by atomic mass is 32.2. The lowest BCUT2D eigenvalue weighted by molar-refractivity contribution is 0.340.